The summed E-state index contributed by atoms with van der Waals surface area (Å²) in [5, 5.41) is 20.3. The molecule has 4 aliphatic carbocycles. The van der Waals surface area contributed by atoms with Gasteiger partial charge < -0.3 is 10.2 Å². The molecular weight excluding hydrogens is 164 g/mol. The Balaban J connectivity index is 1.71. The summed E-state index contributed by atoms with van der Waals surface area (Å²) < 4.78 is 0. The highest BCUT2D eigenvalue weighted by atomic mass is 16.3. The van der Waals surface area contributed by atoms with Crippen LogP contribution in [-0.2, 0) is 0 Å². The van der Waals surface area contributed by atoms with Gasteiger partial charge in [0.2, 0.25) is 0 Å². The third-order valence-electron chi connectivity index (χ3n) is 5.23. The van der Waals surface area contributed by atoms with Gasteiger partial charge in [-0.15, -0.1) is 0 Å². The van der Waals surface area contributed by atoms with Crippen molar-refractivity contribution >= 4 is 0 Å². The van der Waals surface area contributed by atoms with Crippen LogP contribution in [0.25, 0.3) is 0 Å². The molecule has 0 saturated heterocycles. The highest BCUT2D eigenvalue weighted by Gasteiger charge is 2.71. The fourth-order valence-electron chi connectivity index (χ4n) is 4.36. The number of fused-ring (bicyclic) bond motifs is 2. The third-order valence-corrected chi connectivity index (χ3v) is 5.23. The number of hydrogen-bond acceptors (Lipinski definition) is 2. The largest absolute Gasteiger partial charge is 0.392 e. The molecule has 4 fully saturated rings. The van der Waals surface area contributed by atoms with Gasteiger partial charge in [0.15, 0.2) is 0 Å². The molecule has 0 aliphatic heterocycles. The molecule has 13 heavy (non-hydrogen) atoms. The standard InChI is InChI=1S/C11H16O2/c12-9-7-1-5(7)3-11(9)4-6-2-8(6)10(11)13/h5-10,12-13H,1-4H2/t5-,6-,7-,8-,9-,10-,11?/m0/s1. The van der Waals surface area contributed by atoms with Gasteiger partial charge in [0.25, 0.3) is 0 Å². The minimum absolute atomic E-state index is 0.0405. The summed E-state index contributed by atoms with van der Waals surface area (Å²) in [5.41, 5.74) is -0.0405. The maximum absolute atomic E-state index is 10.1. The topological polar surface area (TPSA) is 40.5 Å². The molecule has 2 N–H and O–H groups in total. The van der Waals surface area contributed by atoms with Crippen LogP contribution in [0.4, 0.5) is 0 Å². The molecular formula is C11H16O2. The first-order chi connectivity index (χ1) is 6.22. The summed E-state index contributed by atoms with van der Waals surface area (Å²) in [4.78, 5) is 0. The Hall–Kier alpha value is -0.0800. The maximum atomic E-state index is 10.1. The van der Waals surface area contributed by atoms with E-state index in [0.717, 1.165) is 24.7 Å². The average Bonchev–Trinajstić information content (AvgIpc) is 2.96. The highest BCUT2D eigenvalue weighted by Crippen LogP contribution is 2.71. The van der Waals surface area contributed by atoms with E-state index in [0.29, 0.717) is 11.8 Å². The zero-order valence-electron chi connectivity index (χ0n) is 7.69. The van der Waals surface area contributed by atoms with E-state index in [4.69, 9.17) is 0 Å². The minimum atomic E-state index is -0.166. The van der Waals surface area contributed by atoms with E-state index in [-0.39, 0.29) is 17.6 Å². The number of hydrogen-bond donors (Lipinski definition) is 2. The zero-order chi connectivity index (χ0) is 8.79. The van der Waals surface area contributed by atoms with Gasteiger partial charge in [0.1, 0.15) is 0 Å². The number of rotatable bonds is 0. The van der Waals surface area contributed by atoms with E-state index in [9.17, 15) is 10.2 Å². The Morgan fingerprint density at radius 2 is 1.31 bits per heavy atom. The van der Waals surface area contributed by atoms with Crippen LogP contribution in [0.2, 0.25) is 0 Å². The fourth-order valence-corrected chi connectivity index (χ4v) is 4.36. The Morgan fingerprint density at radius 1 is 0.846 bits per heavy atom. The fraction of sp³-hybridized carbons (Fsp3) is 1.00. The first kappa shape index (κ1) is 7.24. The lowest BCUT2D eigenvalue weighted by Gasteiger charge is -2.36. The molecule has 72 valence electrons. The molecule has 0 unspecified atom stereocenters. The summed E-state index contributed by atoms with van der Waals surface area (Å²) in [5.74, 6) is 2.66. The van der Waals surface area contributed by atoms with Crippen LogP contribution >= 0.6 is 0 Å². The first-order valence-corrected chi connectivity index (χ1v) is 5.58. The Kier molecular flexibility index (Phi) is 1.02. The van der Waals surface area contributed by atoms with E-state index >= 15 is 0 Å². The van der Waals surface area contributed by atoms with E-state index in [1.165, 1.54) is 12.8 Å². The van der Waals surface area contributed by atoms with Gasteiger partial charge in [-0.1, -0.05) is 0 Å². The summed E-state index contributed by atoms with van der Waals surface area (Å²) in [7, 11) is 0. The quantitative estimate of drug-likeness (QED) is 0.578. The van der Waals surface area contributed by atoms with Crippen molar-refractivity contribution in [2.75, 3.05) is 0 Å². The van der Waals surface area contributed by atoms with Crippen molar-refractivity contribution in [2.24, 2.45) is 29.1 Å². The summed E-state index contributed by atoms with van der Waals surface area (Å²) in [6.45, 7) is 0. The van der Waals surface area contributed by atoms with Crippen LogP contribution in [0.3, 0.4) is 0 Å². The van der Waals surface area contributed by atoms with Gasteiger partial charge >= 0.3 is 0 Å². The van der Waals surface area contributed by atoms with E-state index < -0.39 is 0 Å². The maximum Gasteiger partial charge on any atom is 0.0652 e. The molecule has 0 aromatic heterocycles. The van der Waals surface area contributed by atoms with Crippen LogP contribution in [0, 0.1) is 29.1 Å². The third kappa shape index (κ3) is 0.668. The SMILES string of the molecule is O[C@H]1[C@H]2C[C@H]2CC12C[C@@H]1C[C@@H]1[C@@H]2O. The predicted octanol–water partition coefficient (Wildman–Crippen LogP) is 0.774. The Labute approximate surface area is 78.0 Å². The molecule has 0 heterocycles. The molecule has 1 spiro atoms. The molecule has 0 amide bonds. The lowest BCUT2D eigenvalue weighted by molar-refractivity contribution is -0.0599. The van der Waals surface area contributed by atoms with Crippen molar-refractivity contribution in [1.82, 2.24) is 0 Å². The van der Waals surface area contributed by atoms with Crippen molar-refractivity contribution in [3.63, 3.8) is 0 Å². The minimum Gasteiger partial charge on any atom is -0.392 e. The van der Waals surface area contributed by atoms with Crippen molar-refractivity contribution in [2.45, 2.75) is 37.9 Å². The van der Waals surface area contributed by atoms with Crippen LogP contribution in [0.15, 0.2) is 0 Å². The van der Waals surface area contributed by atoms with Gasteiger partial charge in [-0.2, -0.15) is 0 Å². The van der Waals surface area contributed by atoms with E-state index in [1.807, 2.05) is 0 Å². The molecule has 0 aromatic carbocycles. The normalized spacial score (nSPS) is 65.1. The molecule has 2 nitrogen and oxygen atoms in total. The summed E-state index contributed by atoms with van der Waals surface area (Å²) >= 11 is 0. The first-order valence-electron chi connectivity index (χ1n) is 5.58. The summed E-state index contributed by atoms with van der Waals surface area (Å²) in [6.07, 6.45) is 4.36. The molecule has 0 radical (unpaired) electrons. The molecule has 0 bridgehead atoms. The predicted molar refractivity (Wildman–Crippen MR) is 46.9 cm³/mol. The second-order valence-electron chi connectivity index (χ2n) is 5.85. The lowest BCUT2D eigenvalue weighted by Crippen LogP contribution is -2.42. The zero-order valence-corrected chi connectivity index (χ0v) is 7.69. The van der Waals surface area contributed by atoms with Crippen LogP contribution < -0.4 is 0 Å². The molecule has 6 atom stereocenters. The van der Waals surface area contributed by atoms with Gasteiger partial charge in [-0.3, -0.25) is 0 Å². The lowest BCUT2D eigenvalue weighted by atomic mass is 9.74. The molecule has 4 saturated carbocycles. The molecule has 4 rings (SSSR count). The Bertz CT molecular complexity index is 247. The van der Waals surface area contributed by atoms with Gasteiger partial charge in [0, 0.05) is 5.41 Å². The number of aliphatic hydroxyl groups is 2. The van der Waals surface area contributed by atoms with Crippen LogP contribution in [0.5, 0.6) is 0 Å². The monoisotopic (exact) mass is 180 g/mol. The van der Waals surface area contributed by atoms with E-state index in [1.54, 1.807) is 0 Å². The van der Waals surface area contributed by atoms with Crippen LogP contribution in [-0.4, -0.2) is 22.4 Å². The molecule has 4 aliphatic rings. The smallest absolute Gasteiger partial charge is 0.0652 e. The average molecular weight is 180 g/mol. The van der Waals surface area contributed by atoms with Crippen molar-refractivity contribution < 1.29 is 10.2 Å². The molecule has 0 aromatic rings. The highest BCUT2D eigenvalue weighted by molar-refractivity contribution is 5.20. The van der Waals surface area contributed by atoms with Crippen molar-refractivity contribution in [3.8, 4) is 0 Å². The number of aliphatic hydroxyl groups excluding tert-OH is 2. The summed E-state index contributed by atoms with van der Waals surface area (Å²) in [6, 6.07) is 0. The Morgan fingerprint density at radius 3 is 1.62 bits per heavy atom. The van der Waals surface area contributed by atoms with Gasteiger partial charge in [-0.25, -0.2) is 0 Å². The van der Waals surface area contributed by atoms with Crippen molar-refractivity contribution in [3.05, 3.63) is 0 Å². The van der Waals surface area contributed by atoms with Gasteiger partial charge in [-0.05, 0) is 49.4 Å². The van der Waals surface area contributed by atoms with Crippen LogP contribution in [0.1, 0.15) is 25.7 Å². The van der Waals surface area contributed by atoms with E-state index in [2.05, 4.69) is 0 Å². The molecule has 2 heteroatoms. The second kappa shape index (κ2) is 1.82. The van der Waals surface area contributed by atoms with Gasteiger partial charge in [0.05, 0.1) is 12.2 Å². The van der Waals surface area contributed by atoms with Crippen molar-refractivity contribution in [1.29, 1.82) is 0 Å². The second-order valence-corrected chi connectivity index (χ2v) is 5.85.